The molecule has 1 unspecified atom stereocenters. The molecule has 0 aromatic heterocycles. The van der Waals surface area contributed by atoms with Crippen molar-refractivity contribution in [2.45, 2.75) is 39.2 Å². The van der Waals surface area contributed by atoms with Gasteiger partial charge < -0.3 is 15.0 Å². The lowest BCUT2D eigenvalue weighted by Gasteiger charge is -2.41. The number of piperazine rings is 1. The third-order valence-corrected chi connectivity index (χ3v) is 3.60. The summed E-state index contributed by atoms with van der Waals surface area (Å²) in [6.45, 7) is 7.21. The molecule has 1 atom stereocenters. The Bertz CT molecular complexity index is 313. The summed E-state index contributed by atoms with van der Waals surface area (Å²) in [5.41, 5.74) is -0.706. The van der Waals surface area contributed by atoms with Crippen molar-refractivity contribution in [2.24, 2.45) is 5.92 Å². The number of carbonyl (C=O) groups is 2. The lowest BCUT2D eigenvalue weighted by atomic mass is 9.88. The van der Waals surface area contributed by atoms with E-state index in [-0.39, 0.29) is 24.3 Å². The quantitative estimate of drug-likeness (QED) is 0.764. The summed E-state index contributed by atoms with van der Waals surface area (Å²) >= 11 is 0. The monoisotopic (exact) mass is 256 g/mol. The summed E-state index contributed by atoms with van der Waals surface area (Å²) in [7, 11) is 1.64. The Morgan fingerprint density at radius 3 is 2.50 bits per heavy atom. The fourth-order valence-electron chi connectivity index (χ4n) is 2.50. The smallest absolute Gasteiger partial charge is 0.248 e. The molecule has 5 nitrogen and oxygen atoms in total. The number of ether oxygens (including phenoxy) is 1. The van der Waals surface area contributed by atoms with Crippen molar-refractivity contribution in [3.63, 3.8) is 0 Å². The van der Waals surface area contributed by atoms with Crippen LogP contribution in [0.5, 0.6) is 0 Å². The highest BCUT2D eigenvalue weighted by Gasteiger charge is 2.43. The number of nitrogens with zero attached hydrogens (tertiary/aromatic N) is 1. The van der Waals surface area contributed by atoms with Crippen LogP contribution in [-0.2, 0) is 14.3 Å². The van der Waals surface area contributed by atoms with E-state index in [4.69, 9.17) is 4.74 Å². The molecule has 18 heavy (non-hydrogen) atoms. The van der Waals surface area contributed by atoms with E-state index >= 15 is 0 Å². The van der Waals surface area contributed by atoms with E-state index in [0.717, 1.165) is 0 Å². The van der Waals surface area contributed by atoms with Gasteiger partial charge in [0.15, 0.2) is 0 Å². The highest BCUT2D eigenvalue weighted by Crippen LogP contribution is 2.22. The van der Waals surface area contributed by atoms with Gasteiger partial charge >= 0.3 is 0 Å². The zero-order valence-corrected chi connectivity index (χ0v) is 11.8. The summed E-state index contributed by atoms with van der Waals surface area (Å²) in [4.78, 5) is 25.9. The largest absolute Gasteiger partial charge is 0.384 e. The first-order valence-electron chi connectivity index (χ1n) is 6.58. The molecule has 1 aliphatic heterocycles. The predicted molar refractivity (Wildman–Crippen MR) is 69.1 cm³/mol. The molecule has 0 radical (unpaired) electrons. The molecule has 1 rings (SSSR count). The zero-order chi connectivity index (χ0) is 13.8. The van der Waals surface area contributed by atoms with E-state index in [2.05, 4.69) is 5.32 Å². The molecule has 0 aromatic rings. The maximum absolute atomic E-state index is 12.5. The van der Waals surface area contributed by atoms with Crippen LogP contribution in [0.25, 0.3) is 0 Å². The van der Waals surface area contributed by atoms with E-state index in [1.807, 2.05) is 20.8 Å². The number of carbonyl (C=O) groups excluding carboxylic acids is 2. The van der Waals surface area contributed by atoms with E-state index in [0.29, 0.717) is 26.0 Å². The van der Waals surface area contributed by atoms with Crippen LogP contribution < -0.4 is 5.32 Å². The molecule has 0 spiro atoms. The van der Waals surface area contributed by atoms with Crippen molar-refractivity contribution >= 4 is 11.8 Å². The van der Waals surface area contributed by atoms with E-state index in [1.54, 1.807) is 12.0 Å². The molecule has 2 amide bonds. The summed E-state index contributed by atoms with van der Waals surface area (Å²) < 4.78 is 5.07. The van der Waals surface area contributed by atoms with Gasteiger partial charge in [0.25, 0.3) is 0 Å². The van der Waals surface area contributed by atoms with Gasteiger partial charge in [0, 0.05) is 13.7 Å². The van der Waals surface area contributed by atoms with Crippen LogP contribution in [-0.4, -0.2) is 49.1 Å². The molecule has 0 saturated carbocycles. The van der Waals surface area contributed by atoms with Crippen LogP contribution in [0.4, 0.5) is 0 Å². The zero-order valence-electron chi connectivity index (χ0n) is 11.8. The van der Waals surface area contributed by atoms with E-state index < -0.39 is 5.54 Å². The molecular weight excluding hydrogens is 232 g/mol. The fourth-order valence-corrected chi connectivity index (χ4v) is 2.50. The Morgan fingerprint density at radius 2 is 2.00 bits per heavy atom. The first-order chi connectivity index (χ1) is 8.49. The van der Waals surface area contributed by atoms with Gasteiger partial charge in [-0.15, -0.1) is 0 Å². The molecule has 1 heterocycles. The summed E-state index contributed by atoms with van der Waals surface area (Å²) in [5, 5.41) is 2.85. The third kappa shape index (κ3) is 3.02. The Hall–Kier alpha value is -1.10. The number of hydrogen-bond acceptors (Lipinski definition) is 3. The van der Waals surface area contributed by atoms with Gasteiger partial charge in [0.05, 0.1) is 13.2 Å². The van der Waals surface area contributed by atoms with Gasteiger partial charge in [0.1, 0.15) is 5.54 Å². The van der Waals surface area contributed by atoms with Crippen molar-refractivity contribution < 1.29 is 14.3 Å². The molecule has 0 aromatic carbocycles. The van der Waals surface area contributed by atoms with Crippen LogP contribution >= 0.6 is 0 Å². The lowest BCUT2D eigenvalue weighted by molar-refractivity contribution is -0.151. The molecule has 1 saturated heterocycles. The Balaban J connectivity index is 2.79. The van der Waals surface area contributed by atoms with Gasteiger partial charge in [0.2, 0.25) is 11.8 Å². The number of methoxy groups -OCH3 is 1. The van der Waals surface area contributed by atoms with Crippen molar-refractivity contribution in [3.8, 4) is 0 Å². The average molecular weight is 256 g/mol. The van der Waals surface area contributed by atoms with Crippen LogP contribution in [0, 0.1) is 5.92 Å². The molecule has 0 bridgehead atoms. The topological polar surface area (TPSA) is 58.6 Å². The fraction of sp³-hybridized carbons (Fsp3) is 0.846. The SMILES string of the molecule is CCC1(CC)NC(=O)CN(CC(C)COC)C1=O. The molecule has 104 valence electrons. The highest BCUT2D eigenvalue weighted by atomic mass is 16.5. The molecule has 1 N–H and O–H groups in total. The van der Waals surface area contributed by atoms with Gasteiger partial charge in [-0.1, -0.05) is 20.8 Å². The van der Waals surface area contributed by atoms with Crippen LogP contribution in [0.3, 0.4) is 0 Å². The maximum atomic E-state index is 12.5. The maximum Gasteiger partial charge on any atom is 0.248 e. The first-order valence-corrected chi connectivity index (χ1v) is 6.58. The van der Waals surface area contributed by atoms with E-state index in [1.165, 1.54) is 0 Å². The van der Waals surface area contributed by atoms with Crippen molar-refractivity contribution in [1.29, 1.82) is 0 Å². The van der Waals surface area contributed by atoms with Crippen LogP contribution in [0.1, 0.15) is 33.6 Å². The Kier molecular flexibility index (Phi) is 5.14. The predicted octanol–water partition coefficient (Wildman–Crippen LogP) is 0.786. The molecule has 5 heteroatoms. The van der Waals surface area contributed by atoms with Crippen molar-refractivity contribution in [1.82, 2.24) is 10.2 Å². The minimum Gasteiger partial charge on any atom is -0.384 e. The van der Waals surface area contributed by atoms with Gasteiger partial charge in [-0.2, -0.15) is 0 Å². The third-order valence-electron chi connectivity index (χ3n) is 3.60. The summed E-state index contributed by atoms with van der Waals surface area (Å²) in [6, 6.07) is 0. The summed E-state index contributed by atoms with van der Waals surface area (Å²) in [5.74, 6) is 0.203. The molecule has 0 aliphatic carbocycles. The summed E-state index contributed by atoms with van der Waals surface area (Å²) in [6.07, 6.45) is 1.26. The van der Waals surface area contributed by atoms with Gasteiger partial charge in [-0.05, 0) is 18.8 Å². The molecule has 1 aliphatic rings. The van der Waals surface area contributed by atoms with Gasteiger partial charge in [-0.3, -0.25) is 9.59 Å². The first kappa shape index (κ1) is 15.0. The van der Waals surface area contributed by atoms with E-state index in [9.17, 15) is 9.59 Å². The van der Waals surface area contributed by atoms with Crippen LogP contribution in [0.2, 0.25) is 0 Å². The Morgan fingerprint density at radius 1 is 1.39 bits per heavy atom. The molecule has 1 fully saturated rings. The minimum atomic E-state index is -0.706. The van der Waals surface area contributed by atoms with Crippen LogP contribution in [0.15, 0.2) is 0 Å². The highest BCUT2D eigenvalue weighted by molar-refractivity contribution is 5.97. The molecular formula is C13H24N2O3. The van der Waals surface area contributed by atoms with Crippen molar-refractivity contribution in [2.75, 3.05) is 26.8 Å². The number of amides is 2. The average Bonchev–Trinajstić information content (AvgIpc) is 2.33. The second-order valence-electron chi connectivity index (χ2n) is 5.08. The second-order valence-corrected chi connectivity index (χ2v) is 5.08. The minimum absolute atomic E-state index is 0.0371. The lowest BCUT2D eigenvalue weighted by Crippen LogP contribution is -2.66. The number of rotatable bonds is 6. The number of hydrogen-bond donors (Lipinski definition) is 1. The second kappa shape index (κ2) is 6.18. The normalized spacial score (nSPS) is 20.8. The van der Waals surface area contributed by atoms with Crippen molar-refractivity contribution in [3.05, 3.63) is 0 Å². The Labute approximate surface area is 109 Å². The number of nitrogens with one attached hydrogen (secondary N) is 1. The van der Waals surface area contributed by atoms with Gasteiger partial charge in [-0.25, -0.2) is 0 Å². The standard InChI is InChI=1S/C13H24N2O3/c1-5-13(6-2)12(17)15(8-11(16)14-13)7-10(3)9-18-4/h10H,5-9H2,1-4H3,(H,14,16).